The summed E-state index contributed by atoms with van der Waals surface area (Å²) in [5.74, 6) is -2.55. The lowest BCUT2D eigenvalue weighted by atomic mass is 9.81. The molecule has 368 valence electrons. The summed E-state index contributed by atoms with van der Waals surface area (Å²) < 4.78 is 93.4. The number of carboxylic acids is 2. The third kappa shape index (κ3) is 13.2. The van der Waals surface area contributed by atoms with Gasteiger partial charge in [-0.25, -0.2) is 35.2 Å². The number of hydrogen-bond acceptors (Lipinski definition) is 12. The Morgan fingerprint density at radius 3 is 1.28 bits per heavy atom. The number of hydrogen-bond donors (Lipinski definition) is 2. The topological polar surface area (TPSA) is 168 Å². The summed E-state index contributed by atoms with van der Waals surface area (Å²) >= 11 is 2.73. The highest BCUT2D eigenvalue weighted by Crippen LogP contribution is 2.49. The highest BCUT2D eigenvalue weighted by Gasteiger charge is 2.43. The Hall–Kier alpha value is -5.04. The number of sulfone groups is 2. The molecule has 6 rings (SSSR count). The highest BCUT2D eigenvalue weighted by molar-refractivity contribution is 7.99. The van der Waals surface area contributed by atoms with Crippen LogP contribution in [-0.2, 0) is 29.3 Å². The highest BCUT2D eigenvalue weighted by atomic mass is 32.2. The van der Waals surface area contributed by atoms with E-state index in [1.165, 1.54) is 59.9 Å². The Morgan fingerprint density at radius 2 is 0.985 bits per heavy atom. The zero-order chi connectivity index (χ0) is 49.9. The van der Waals surface area contributed by atoms with Crippen LogP contribution in [0, 0.1) is 22.5 Å². The molecule has 0 fully saturated rings. The molecule has 68 heavy (non-hydrogen) atoms. The zero-order valence-electron chi connectivity index (χ0n) is 39.2. The first-order chi connectivity index (χ1) is 32.3. The molecule has 2 heterocycles. The van der Waals surface area contributed by atoms with Crippen LogP contribution in [0.25, 0.3) is 0 Å². The number of nitrogens with zero attached hydrogens (tertiary/aromatic N) is 2. The van der Waals surface area contributed by atoms with Gasteiger partial charge in [0.15, 0.2) is 19.7 Å². The summed E-state index contributed by atoms with van der Waals surface area (Å²) in [6.45, 7) is 9.16. The van der Waals surface area contributed by atoms with Gasteiger partial charge in [-0.15, -0.1) is 23.5 Å². The number of halogens is 2. The second-order valence-electron chi connectivity index (χ2n) is 17.0. The lowest BCUT2D eigenvalue weighted by Gasteiger charge is -2.36. The molecule has 0 bridgehead atoms. The van der Waals surface area contributed by atoms with Crippen molar-refractivity contribution in [3.63, 3.8) is 0 Å². The summed E-state index contributed by atoms with van der Waals surface area (Å²) in [7, 11) is -7.42. The van der Waals surface area contributed by atoms with E-state index in [0.29, 0.717) is 58.5 Å². The van der Waals surface area contributed by atoms with Gasteiger partial charge in [-0.3, -0.25) is 0 Å². The quantitative estimate of drug-likeness (QED) is 0.0549. The van der Waals surface area contributed by atoms with E-state index in [2.05, 4.69) is 13.8 Å². The molecule has 0 amide bonds. The third-order valence-corrected chi connectivity index (χ3v) is 17.9. The summed E-state index contributed by atoms with van der Waals surface area (Å²) in [4.78, 5) is 27.2. The van der Waals surface area contributed by atoms with E-state index in [4.69, 9.17) is 19.7 Å². The number of ether oxygens (including phenoxy) is 2. The first kappa shape index (κ1) is 53.9. The second kappa shape index (κ2) is 23.5. The Labute approximate surface area is 407 Å². The molecule has 0 radical (unpaired) electrons. The van der Waals surface area contributed by atoms with Crippen LogP contribution in [0.5, 0.6) is 11.5 Å². The molecule has 0 unspecified atom stereocenters. The molecule has 0 saturated carbocycles. The van der Waals surface area contributed by atoms with Crippen LogP contribution in [0.1, 0.15) is 79.1 Å². The van der Waals surface area contributed by atoms with Crippen LogP contribution in [0.15, 0.2) is 117 Å². The van der Waals surface area contributed by atoms with Crippen molar-refractivity contribution in [2.75, 3.05) is 46.9 Å². The van der Waals surface area contributed by atoms with Crippen LogP contribution >= 0.6 is 23.5 Å². The first-order valence-electron chi connectivity index (χ1n) is 22.4. The number of fused-ring (bicyclic) bond motifs is 2. The summed E-state index contributed by atoms with van der Waals surface area (Å²) in [5.41, 5.74) is 1.48. The van der Waals surface area contributed by atoms with E-state index >= 15 is 0 Å². The molecule has 2 atom stereocenters. The van der Waals surface area contributed by atoms with Crippen molar-refractivity contribution >= 4 is 77.9 Å². The van der Waals surface area contributed by atoms with E-state index < -0.39 is 42.4 Å². The fourth-order valence-electron chi connectivity index (χ4n) is 8.60. The van der Waals surface area contributed by atoms with E-state index in [0.717, 1.165) is 63.2 Å². The van der Waals surface area contributed by atoms with Crippen molar-refractivity contribution in [2.24, 2.45) is 10.8 Å². The Kier molecular flexibility index (Phi) is 18.6. The molecule has 18 heteroatoms. The maximum absolute atomic E-state index is 13.7. The molecule has 0 aliphatic carbocycles. The number of carbonyl (C=O) groups is 2. The van der Waals surface area contributed by atoms with Crippen molar-refractivity contribution < 1.29 is 54.9 Å². The zero-order valence-corrected chi connectivity index (χ0v) is 42.4. The summed E-state index contributed by atoms with van der Waals surface area (Å²) in [6.07, 6.45) is 14.0. The Morgan fingerprint density at radius 1 is 0.632 bits per heavy atom. The van der Waals surface area contributed by atoms with Gasteiger partial charge in [-0.1, -0.05) is 53.4 Å². The minimum Gasteiger partial charge on any atom is -0.478 e. The predicted octanol–water partition coefficient (Wildman–Crippen LogP) is 12.1. The van der Waals surface area contributed by atoms with Crippen LogP contribution in [-0.4, -0.2) is 76.1 Å². The minimum absolute atomic E-state index is 0.00971. The maximum Gasteiger partial charge on any atom is 0.331 e. The number of thioether (sulfide) groups is 2. The average Bonchev–Trinajstić information content (AvgIpc) is 3.47. The van der Waals surface area contributed by atoms with Crippen LogP contribution in [0.2, 0.25) is 0 Å². The van der Waals surface area contributed by atoms with Gasteiger partial charge in [0.2, 0.25) is 0 Å². The summed E-state index contributed by atoms with van der Waals surface area (Å²) in [6, 6.07) is 18.6. The molecule has 2 aliphatic heterocycles. The molecule has 0 spiro atoms. The molecule has 0 saturated heterocycles. The van der Waals surface area contributed by atoms with Gasteiger partial charge < -0.3 is 29.5 Å². The van der Waals surface area contributed by atoms with Crippen molar-refractivity contribution in [1.82, 2.24) is 0 Å². The Balaban J connectivity index is 0.000000254. The number of carboxylic acid groups (broad SMARTS) is 2. The normalized spacial score (nSPS) is 19.6. The van der Waals surface area contributed by atoms with E-state index in [1.807, 2.05) is 36.2 Å². The average molecular weight is 1020 g/mol. The number of aliphatic carboxylic acids is 2. The number of rotatable bonds is 18. The fraction of sp³-hybridized carbons (Fsp3) is 0.400. The fourth-order valence-corrected chi connectivity index (χ4v) is 14.0. The van der Waals surface area contributed by atoms with Gasteiger partial charge in [-0.2, -0.15) is 0 Å². The van der Waals surface area contributed by atoms with Crippen molar-refractivity contribution in [3.8, 4) is 11.5 Å². The molecule has 4 aromatic carbocycles. The molecule has 2 N–H and O–H groups in total. The van der Waals surface area contributed by atoms with Crippen LogP contribution < -0.4 is 19.3 Å². The molecule has 12 nitrogen and oxygen atoms in total. The molecular weight excluding hydrogens is 955 g/mol. The van der Waals surface area contributed by atoms with E-state index in [1.54, 1.807) is 36.4 Å². The molecule has 2 aliphatic rings. The minimum atomic E-state index is -3.71. The van der Waals surface area contributed by atoms with Crippen LogP contribution in [0.4, 0.5) is 31.5 Å². The lowest BCUT2D eigenvalue weighted by molar-refractivity contribution is -0.132. The largest absolute Gasteiger partial charge is 0.478 e. The maximum atomic E-state index is 13.7. The molecule has 4 aromatic rings. The standard InChI is InChI=1S/2C25H30FNO5S2/c2*1-4-6-12-25(5-2)16-27(19-9-7-18(26)8-10-19)20-14-22(33-3)21(32-13-11-24(28)29)15-23(20)34(30,31)17-25/h2*7-11,13-15H,4-6,12,16-17H2,1-3H3,(H,28,29)/b2*13-11+/t2*25-/m10/s1. The van der Waals surface area contributed by atoms with E-state index in [-0.39, 0.29) is 44.4 Å². The van der Waals surface area contributed by atoms with Gasteiger partial charge >= 0.3 is 11.9 Å². The molecular formula is C50H60F2N2O10S4. The SMILES string of the molecule is CCCC[C@@]1(CC)CN(c2ccc(F)cc2)c2cc(SC)c(O/C=C/C(=O)O)cc2S(=O)(=O)C1.CCCC[C@]1(CC)CN(c2ccc(F)cc2)c2cc(SC)c(O/C=C/C(=O)O)cc2S(=O)(=O)C1. The second-order valence-corrected chi connectivity index (χ2v) is 22.6. The monoisotopic (exact) mass is 1010 g/mol. The van der Waals surface area contributed by atoms with Crippen molar-refractivity contribution in [1.29, 1.82) is 0 Å². The summed E-state index contributed by atoms with van der Waals surface area (Å²) in [5, 5.41) is 17.7. The van der Waals surface area contributed by atoms with Gasteiger partial charge in [0.25, 0.3) is 0 Å². The van der Waals surface area contributed by atoms with E-state index in [9.17, 15) is 35.2 Å². The first-order valence-corrected chi connectivity index (χ1v) is 28.1. The van der Waals surface area contributed by atoms with Crippen molar-refractivity contribution in [2.45, 2.75) is 98.6 Å². The number of unbranched alkanes of at least 4 members (excludes halogenated alkanes) is 2. The van der Waals surface area contributed by atoms with Gasteiger partial charge in [0.1, 0.15) is 23.1 Å². The third-order valence-electron chi connectivity index (χ3n) is 12.4. The van der Waals surface area contributed by atoms with Gasteiger partial charge in [0, 0.05) is 47.4 Å². The predicted molar refractivity (Wildman–Crippen MR) is 267 cm³/mol. The number of benzene rings is 4. The van der Waals surface area contributed by atoms with Crippen LogP contribution in [0.3, 0.4) is 0 Å². The molecule has 0 aromatic heterocycles. The number of anilines is 4. The van der Waals surface area contributed by atoms with Gasteiger partial charge in [-0.05, 0) is 98.9 Å². The Bertz CT molecular complexity index is 2510. The van der Waals surface area contributed by atoms with Crippen molar-refractivity contribution in [3.05, 3.63) is 109 Å². The lowest BCUT2D eigenvalue weighted by Crippen LogP contribution is -2.37. The van der Waals surface area contributed by atoms with Gasteiger partial charge in [0.05, 0.1) is 67.1 Å². The smallest absolute Gasteiger partial charge is 0.331 e.